The third kappa shape index (κ3) is 5.85. The van der Waals surface area contributed by atoms with Gasteiger partial charge in [0, 0.05) is 25.7 Å². The van der Waals surface area contributed by atoms with Crippen LogP contribution in [0.2, 0.25) is 0 Å². The summed E-state index contributed by atoms with van der Waals surface area (Å²) in [5, 5.41) is 5.93. The molecule has 0 amide bonds. The number of nitrogens with zero attached hydrogens (tertiary/aromatic N) is 1. The SMILES string of the molecule is CN=C(NCc1cc(OC)c(OC)c(OC)c1)NCc1c(F)cccc1OC(F)F. The third-order valence-electron chi connectivity index (χ3n) is 4.13. The number of aliphatic imine (C=N–C) groups is 1. The largest absolute Gasteiger partial charge is 0.493 e. The molecule has 7 nitrogen and oxygen atoms in total. The number of hydrogen-bond donors (Lipinski definition) is 2. The highest BCUT2D eigenvalue weighted by atomic mass is 19.3. The highest BCUT2D eigenvalue weighted by Crippen LogP contribution is 2.38. The maximum atomic E-state index is 14.1. The van der Waals surface area contributed by atoms with E-state index in [2.05, 4.69) is 20.4 Å². The van der Waals surface area contributed by atoms with Crippen LogP contribution in [0.15, 0.2) is 35.3 Å². The molecule has 2 rings (SSSR count). The van der Waals surface area contributed by atoms with Gasteiger partial charge in [-0.2, -0.15) is 8.78 Å². The van der Waals surface area contributed by atoms with Gasteiger partial charge in [0.15, 0.2) is 17.5 Å². The minimum atomic E-state index is -3.05. The first kappa shape index (κ1) is 23.0. The number of nitrogens with one attached hydrogen (secondary N) is 2. The number of guanidine groups is 1. The van der Waals surface area contributed by atoms with Crippen molar-refractivity contribution in [1.82, 2.24) is 10.6 Å². The zero-order valence-electron chi connectivity index (χ0n) is 17.1. The Bertz CT molecular complexity index is 853. The highest BCUT2D eigenvalue weighted by Gasteiger charge is 2.15. The van der Waals surface area contributed by atoms with Crippen LogP contribution in [0, 0.1) is 5.82 Å². The summed E-state index contributed by atoms with van der Waals surface area (Å²) in [5.41, 5.74) is 0.772. The normalized spacial score (nSPS) is 11.3. The lowest BCUT2D eigenvalue weighted by Crippen LogP contribution is -2.36. The Kier molecular flexibility index (Phi) is 8.45. The summed E-state index contributed by atoms with van der Waals surface area (Å²) < 4.78 is 59.5. The molecule has 0 bridgehead atoms. The number of ether oxygens (including phenoxy) is 4. The van der Waals surface area contributed by atoms with Crippen molar-refractivity contribution in [3.05, 3.63) is 47.3 Å². The second-order valence-electron chi connectivity index (χ2n) is 5.91. The van der Waals surface area contributed by atoms with Crippen LogP contribution in [-0.2, 0) is 13.1 Å². The summed E-state index contributed by atoms with van der Waals surface area (Å²) in [5.74, 6) is 0.888. The number of rotatable bonds is 9. The molecule has 164 valence electrons. The Morgan fingerprint density at radius 2 is 1.60 bits per heavy atom. The fourth-order valence-corrected chi connectivity index (χ4v) is 2.73. The van der Waals surface area contributed by atoms with E-state index in [0.29, 0.717) is 29.8 Å². The van der Waals surface area contributed by atoms with E-state index in [9.17, 15) is 13.2 Å². The molecule has 0 aliphatic carbocycles. The van der Waals surface area contributed by atoms with E-state index in [0.717, 1.165) is 5.56 Å². The van der Waals surface area contributed by atoms with Gasteiger partial charge in [-0.1, -0.05) is 6.07 Å². The Labute approximate surface area is 172 Å². The van der Waals surface area contributed by atoms with Crippen molar-refractivity contribution < 1.29 is 32.1 Å². The molecule has 2 N–H and O–H groups in total. The number of methoxy groups -OCH3 is 3. The van der Waals surface area contributed by atoms with Crippen molar-refractivity contribution in [3.63, 3.8) is 0 Å². The van der Waals surface area contributed by atoms with E-state index in [1.165, 1.54) is 46.6 Å². The predicted molar refractivity (Wildman–Crippen MR) is 106 cm³/mol. The predicted octanol–water partition coefficient (Wildman–Crippen LogP) is 3.32. The van der Waals surface area contributed by atoms with Crippen LogP contribution in [0.4, 0.5) is 13.2 Å². The number of hydrogen-bond acceptors (Lipinski definition) is 5. The van der Waals surface area contributed by atoms with Gasteiger partial charge < -0.3 is 29.6 Å². The van der Waals surface area contributed by atoms with Gasteiger partial charge in [-0.25, -0.2) is 4.39 Å². The van der Waals surface area contributed by atoms with E-state index in [4.69, 9.17) is 14.2 Å². The lowest BCUT2D eigenvalue weighted by molar-refractivity contribution is -0.0506. The average molecular weight is 427 g/mol. The van der Waals surface area contributed by atoms with Crippen LogP contribution in [0.5, 0.6) is 23.0 Å². The lowest BCUT2D eigenvalue weighted by Gasteiger charge is -2.17. The maximum Gasteiger partial charge on any atom is 0.387 e. The Hall–Kier alpha value is -3.30. The molecule has 0 saturated heterocycles. The summed E-state index contributed by atoms with van der Waals surface area (Å²) in [7, 11) is 6.08. The van der Waals surface area contributed by atoms with E-state index < -0.39 is 12.4 Å². The first-order chi connectivity index (χ1) is 14.4. The molecule has 0 aliphatic heterocycles. The standard InChI is InChI=1S/C20H24F3N3O4/c1-24-20(26-11-13-14(21)6-5-7-15(13)30-19(22)23)25-10-12-8-16(27-2)18(29-4)17(9-12)28-3/h5-9,19H,10-11H2,1-4H3,(H2,24,25,26). The summed E-state index contributed by atoms with van der Waals surface area (Å²) in [6, 6.07) is 7.29. The van der Waals surface area contributed by atoms with Gasteiger partial charge in [0.1, 0.15) is 11.6 Å². The molecule has 2 aromatic carbocycles. The molecule has 0 spiro atoms. The van der Waals surface area contributed by atoms with Gasteiger partial charge in [-0.15, -0.1) is 0 Å². The van der Waals surface area contributed by atoms with Gasteiger partial charge >= 0.3 is 6.61 Å². The second kappa shape index (κ2) is 11.0. The van der Waals surface area contributed by atoms with Crippen molar-refractivity contribution in [3.8, 4) is 23.0 Å². The monoisotopic (exact) mass is 427 g/mol. The third-order valence-corrected chi connectivity index (χ3v) is 4.13. The number of benzene rings is 2. The van der Waals surface area contributed by atoms with E-state index in [-0.39, 0.29) is 17.9 Å². The van der Waals surface area contributed by atoms with Crippen LogP contribution in [-0.4, -0.2) is 40.9 Å². The zero-order valence-corrected chi connectivity index (χ0v) is 17.1. The molecule has 0 unspecified atom stereocenters. The van der Waals surface area contributed by atoms with Gasteiger partial charge in [-0.05, 0) is 29.8 Å². The number of halogens is 3. The molecule has 0 radical (unpaired) electrons. The Balaban J connectivity index is 2.08. The van der Waals surface area contributed by atoms with E-state index in [1.807, 2.05) is 0 Å². The minimum absolute atomic E-state index is 0.0338. The average Bonchev–Trinajstić information content (AvgIpc) is 2.73. The van der Waals surface area contributed by atoms with Crippen molar-refractivity contribution in [1.29, 1.82) is 0 Å². The van der Waals surface area contributed by atoms with Crippen LogP contribution in [0.3, 0.4) is 0 Å². The molecule has 0 atom stereocenters. The maximum absolute atomic E-state index is 14.1. The Morgan fingerprint density at radius 1 is 0.967 bits per heavy atom. The van der Waals surface area contributed by atoms with Gasteiger partial charge in [-0.3, -0.25) is 4.99 Å². The molecule has 0 saturated carbocycles. The van der Waals surface area contributed by atoms with Crippen LogP contribution < -0.4 is 29.6 Å². The molecule has 30 heavy (non-hydrogen) atoms. The van der Waals surface area contributed by atoms with Crippen LogP contribution >= 0.6 is 0 Å². The number of alkyl halides is 2. The second-order valence-corrected chi connectivity index (χ2v) is 5.91. The molecule has 0 heterocycles. The topological polar surface area (TPSA) is 73.3 Å². The summed E-state index contributed by atoms with van der Waals surface area (Å²) in [6.07, 6.45) is 0. The first-order valence-corrected chi connectivity index (χ1v) is 8.89. The van der Waals surface area contributed by atoms with Crippen molar-refractivity contribution >= 4 is 5.96 Å². The van der Waals surface area contributed by atoms with Crippen molar-refractivity contribution in [2.24, 2.45) is 4.99 Å². The molecule has 10 heteroatoms. The molecule has 0 aliphatic rings. The minimum Gasteiger partial charge on any atom is -0.493 e. The van der Waals surface area contributed by atoms with Crippen LogP contribution in [0.1, 0.15) is 11.1 Å². The molecule has 0 aromatic heterocycles. The van der Waals surface area contributed by atoms with Crippen molar-refractivity contribution in [2.75, 3.05) is 28.4 Å². The lowest BCUT2D eigenvalue weighted by atomic mass is 10.1. The highest BCUT2D eigenvalue weighted by molar-refractivity contribution is 5.79. The van der Waals surface area contributed by atoms with E-state index >= 15 is 0 Å². The van der Waals surface area contributed by atoms with Crippen LogP contribution in [0.25, 0.3) is 0 Å². The van der Waals surface area contributed by atoms with Crippen molar-refractivity contribution in [2.45, 2.75) is 19.7 Å². The molecule has 2 aromatic rings. The summed E-state index contributed by atoms with van der Waals surface area (Å²) >= 11 is 0. The van der Waals surface area contributed by atoms with Gasteiger partial charge in [0.25, 0.3) is 0 Å². The summed E-state index contributed by atoms with van der Waals surface area (Å²) in [6.45, 7) is -2.83. The first-order valence-electron chi connectivity index (χ1n) is 8.89. The summed E-state index contributed by atoms with van der Waals surface area (Å²) in [4.78, 5) is 4.05. The van der Waals surface area contributed by atoms with E-state index in [1.54, 1.807) is 12.1 Å². The fraction of sp³-hybridized carbons (Fsp3) is 0.350. The smallest absolute Gasteiger partial charge is 0.387 e. The fourth-order valence-electron chi connectivity index (χ4n) is 2.73. The van der Waals surface area contributed by atoms with Gasteiger partial charge in [0.2, 0.25) is 5.75 Å². The zero-order chi connectivity index (χ0) is 22.1. The molecule has 0 fully saturated rings. The molecular weight excluding hydrogens is 403 g/mol. The van der Waals surface area contributed by atoms with Gasteiger partial charge in [0.05, 0.1) is 21.3 Å². The molecular formula is C20H24F3N3O4. The Morgan fingerprint density at radius 3 is 2.13 bits per heavy atom. The quantitative estimate of drug-likeness (QED) is 0.473.